The summed E-state index contributed by atoms with van der Waals surface area (Å²) in [6.45, 7) is 1.54. The van der Waals surface area contributed by atoms with Crippen LogP contribution in [0.5, 0.6) is 0 Å². The van der Waals surface area contributed by atoms with E-state index in [-0.39, 0.29) is 23.9 Å². The zero-order valence-corrected chi connectivity index (χ0v) is 21.9. The number of hydrogen-bond donors (Lipinski definition) is 3. The van der Waals surface area contributed by atoms with Gasteiger partial charge in [0, 0.05) is 47.4 Å². The van der Waals surface area contributed by atoms with Crippen LogP contribution in [0.4, 0.5) is 11.4 Å². The van der Waals surface area contributed by atoms with Gasteiger partial charge in [0.1, 0.15) is 0 Å². The number of nitrogens with two attached hydrogens (primary N) is 1. The molecule has 8 heteroatoms. The Labute approximate surface area is 220 Å². The Morgan fingerprint density at radius 3 is 2.50 bits per heavy atom. The molecular weight excluding hydrogens is 518 g/mol. The summed E-state index contributed by atoms with van der Waals surface area (Å²) in [5.74, 6) is -0.130. The van der Waals surface area contributed by atoms with Crippen LogP contribution in [0.25, 0.3) is 10.8 Å². The van der Waals surface area contributed by atoms with Crippen LogP contribution in [0.2, 0.25) is 0 Å². The van der Waals surface area contributed by atoms with Gasteiger partial charge in [0.15, 0.2) is 0 Å². The summed E-state index contributed by atoms with van der Waals surface area (Å²) in [5, 5.41) is 8.66. The van der Waals surface area contributed by atoms with Crippen molar-refractivity contribution in [1.29, 1.82) is 0 Å². The second-order valence-electron chi connectivity index (χ2n) is 9.79. The van der Waals surface area contributed by atoms with E-state index in [0.29, 0.717) is 22.5 Å². The Bertz CT molecular complexity index is 1270. The molecule has 2 fully saturated rings. The van der Waals surface area contributed by atoms with Gasteiger partial charge >= 0.3 is 0 Å². The van der Waals surface area contributed by atoms with Crippen molar-refractivity contribution in [3.63, 3.8) is 0 Å². The number of aromatic nitrogens is 1. The molecule has 1 aromatic heterocycles. The highest BCUT2D eigenvalue weighted by atomic mass is 79.9. The fourth-order valence-electron chi connectivity index (χ4n) is 5.43. The first kappa shape index (κ1) is 24.6. The lowest BCUT2D eigenvalue weighted by Gasteiger charge is -2.35. The molecule has 0 bridgehead atoms. The Morgan fingerprint density at radius 1 is 0.944 bits per heavy atom. The normalized spacial score (nSPS) is 20.2. The van der Waals surface area contributed by atoms with E-state index in [9.17, 15) is 9.59 Å². The van der Waals surface area contributed by atoms with Crippen LogP contribution >= 0.6 is 15.9 Å². The van der Waals surface area contributed by atoms with Gasteiger partial charge in [0.2, 0.25) is 0 Å². The monoisotopic (exact) mass is 549 g/mol. The Hall–Kier alpha value is -3.13. The number of anilines is 2. The second-order valence-corrected chi connectivity index (χ2v) is 10.7. The molecule has 1 aliphatic carbocycles. The van der Waals surface area contributed by atoms with E-state index in [1.165, 1.54) is 0 Å². The van der Waals surface area contributed by atoms with Gasteiger partial charge in [0.05, 0.1) is 22.5 Å². The lowest BCUT2D eigenvalue weighted by Crippen LogP contribution is -2.49. The van der Waals surface area contributed by atoms with Crippen molar-refractivity contribution in [2.24, 2.45) is 0 Å². The molecule has 2 heterocycles. The van der Waals surface area contributed by atoms with E-state index in [2.05, 4.69) is 31.5 Å². The van der Waals surface area contributed by atoms with E-state index < -0.39 is 0 Å². The Morgan fingerprint density at radius 2 is 1.69 bits per heavy atom. The number of benzene rings is 2. The van der Waals surface area contributed by atoms with Crippen LogP contribution in [0.1, 0.15) is 65.7 Å². The predicted molar refractivity (Wildman–Crippen MR) is 147 cm³/mol. The molecule has 1 aliphatic heterocycles. The van der Waals surface area contributed by atoms with Crippen LogP contribution in [0.15, 0.2) is 53.3 Å². The van der Waals surface area contributed by atoms with Crippen molar-refractivity contribution < 1.29 is 9.59 Å². The van der Waals surface area contributed by atoms with Gasteiger partial charge in [-0.1, -0.05) is 53.0 Å². The Balaban J connectivity index is 1.39. The van der Waals surface area contributed by atoms with Crippen molar-refractivity contribution in [2.75, 3.05) is 24.1 Å². The van der Waals surface area contributed by atoms with E-state index in [0.717, 1.165) is 73.3 Å². The molecule has 2 atom stereocenters. The van der Waals surface area contributed by atoms with Crippen molar-refractivity contribution in [2.45, 2.75) is 57.0 Å². The summed E-state index contributed by atoms with van der Waals surface area (Å²) in [6.07, 6.45) is 10.4. The van der Waals surface area contributed by atoms with Crippen molar-refractivity contribution >= 4 is 49.9 Å². The lowest BCUT2D eigenvalue weighted by atomic mass is 9.89. The van der Waals surface area contributed by atoms with Crippen LogP contribution in [0.3, 0.4) is 0 Å². The first-order valence-corrected chi connectivity index (χ1v) is 13.6. The number of amides is 2. The van der Waals surface area contributed by atoms with Gasteiger partial charge in [-0.3, -0.25) is 14.6 Å². The maximum Gasteiger partial charge on any atom is 0.256 e. The number of carbonyl (C=O) groups is 2. The van der Waals surface area contributed by atoms with Crippen molar-refractivity contribution in [3.05, 3.63) is 64.4 Å². The van der Waals surface area contributed by atoms with E-state index >= 15 is 0 Å². The maximum atomic E-state index is 13.5. The minimum atomic E-state index is -0.133. The summed E-state index contributed by atoms with van der Waals surface area (Å²) >= 11 is 3.51. The van der Waals surface area contributed by atoms with Gasteiger partial charge in [0.25, 0.3) is 11.8 Å². The van der Waals surface area contributed by atoms with Crippen LogP contribution in [-0.4, -0.2) is 46.9 Å². The maximum absolute atomic E-state index is 13.5. The molecule has 3 aromatic rings. The summed E-state index contributed by atoms with van der Waals surface area (Å²) < 4.78 is 0.780. The standard InChI is InChI=1S/C28H32BrN5O2/c29-19-14-21(28(36)34-12-6-1-7-13-34)26(23(30)15-19)32-24-10-4-5-11-25(24)33-27(35)22-17-31-16-18-8-2-3-9-20(18)22/h2-3,8-9,14-17,24-25,32H,1,4-7,10-13,30H2,(H,33,35)/t24-,25+/m1/s1. The summed E-state index contributed by atoms with van der Waals surface area (Å²) in [7, 11) is 0. The molecule has 0 radical (unpaired) electrons. The van der Waals surface area contributed by atoms with Gasteiger partial charge in [-0.05, 0) is 49.6 Å². The number of pyridine rings is 1. The predicted octanol–water partition coefficient (Wildman–Crippen LogP) is 5.36. The second kappa shape index (κ2) is 10.9. The summed E-state index contributed by atoms with van der Waals surface area (Å²) in [6, 6.07) is 11.3. The van der Waals surface area contributed by atoms with Crippen LogP contribution in [0, 0.1) is 0 Å². The molecule has 1 saturated carbocycles. The highest BCUT2D eigenvalue weighted by Crippen LogP contribution is 2.33. The highest BCUT2D eigenvalue weighted by Gasteiger charge is 2.30. The SMILES string of the molecule is Nc1cc(Br)cc(C(=O)N2CCCCC2)c1N[C@@H]1CCCC[C@@H]1NC(=O)c1cncc2ccccc12. The first-order chi connectivity index (χ1) is 17.5. The minimum absolute atomic E-state index is 0.00317. The number of likely N-dealkylation sites (tertiary alicyclic amines) is 1. The average molecular weight is 551 g/mol. The smallest absolute Gasteiger partial charge is 0.256 e. The number of piperidine rings is 1. The van der Waals surface area contributed by atoms with Crippen LogP contribution in [-0.2, 0) is 0 Å². The molecule has 2 aromatic carbocycles. The van der Waals surface area contributed by atoms with Gasteiger partial charge < -0.3 is 21.3 Å². The number of nitrogens with one attached hydrogen (secondary N) is 2. The van der Waals surface area contributed by atoms with E-state index in [1.807, 2.05) is 41.3 Å². The number of hydrogen-bond acceptors (Lipinski definition) is 5. The largest absolute Gasteiger partial charge is 0.397 e. The number of fused-ring (bicyclic) bond motifs is 1. The first-order valence-electron chi connectivity index (χ1n) is 12.8. The summed E-state index contributed by atoms with van der Waals surface area (Å²) in [5.41, 5.74) is 8.79. The Kier molecular flexibility index (Phi) is 7.41. The lowest BCUT2D eigenvalue weighted by molar-refractivity contribution is 0.0724. The molecule has 7 nitrogen and oxygen atoms in total. The van der Waals surface area contributed by atoms with Gasteiger partial charge in [-0.15, -0.1) is 0 Å². The highest BCUT2D eigenvalue weighted by molar-refractivity contribution is 9.10. The molecule has 36 heavy (non-hydrogen) atoms. The quantitative estimate of drug-likeness (QED) is 0.372. The number of nitrogens with zero attached hydrogens (tertiary/aromatic N) is 2. The fraction of sp³-hybridized carbons (Fsp3) is 0.393. The molecule has 0 unspecified atom stereocenters. The van der Waals surface area contributed by atoms with E-state index in [4.69, 9.17) is 5.73 Å². The molecule has 2 amide bonds. The number of nitrogen functional groups attached to an aromatic ring is 1. The van der Waals surface area contributed by atoms with Gasteiger partial charge in [-0.2, -0.15) is 0 Å². The zero-order valence-electron chi connectivity index (χ0n) is 20.3. The molecular formula is C28H32BrN5O2. The number of carbonyl (C=O) groups excluding carboxylic acids is 2. The molecule has 0 spiro atoms. The zero-order chi connectivity index (χ0) is 25.1. The molecule has 4 N–H and O–H groups in total. The average Bonchev–Trinajstić information content (AvgIpc) is 2.90. The third-order valence-electron chi connectivity index (χ3n) is 7.33. The van der Waals surface area contributed by atoms with Crippen molar-refractivity contribution in [1.82, 2.24) is 15.2 Å². The molecule has 2 aliphatic rings. The van der Waals surface area contributed by atoms with Crippen molar-refractivity contribution in [3.8, 4) is 0 Å². The summed E-state index contributed by atoms with van der Waals surface area (Å²) in [4.78, 5) is 33.0. The third-order valence-corrected chi connectivity index (χ3v) is 7.79. The number of rotatable bonds is 5. The minimum Gasteiger partial charge on any atom is -0.397 e. The molecule has 5 rings (SSSR count). The van der Waals surface area contributed by atoms with Gasteiger partial charge in [-0.25, -0.2) is 0 Å². The topological polar surface area (TPSA) is 100 Å². The number of halogens is 1. The van der Waals surface area contributed by atoms with E-state index in [1.54, 1.807) is 12.4 Å². The fourth-order valence-corrected chi connectivity index (χ4v) is 5.91. The van der Waals surface area contributed by atoms with Crippen LogP contribution < -0.4 is 16.4 Å². The molecule has 188 valence electrons. The third kappa shape index (κ3) is 5.19. The molecule has 1 saturated heterocycles.